The highest BCUT2D eigenvalue weighted by Gasteiger charge is 2.34. The quantitative estimate of drug-likeness (QED) is 0.863. The zero-order chi connectivity index (χ0) is 14.0. The molecule has 1 aromatic carbocycles. The highest BCUT2D eigenvalue weighted by molar-refractivity contribution is 5.87. The van der Waals surface area contributed by atoms with Crippen LogP contribution in [0.3, 0.4) is 0 Å². The molecule has 0 bridgehead atoms. The zero-order valence-corrected chi connectivity index (χ0v) is 11.9. The molecule has 0 spiro atoms. The van der Waals surface area contributed by atoms with E-state index in [1.54, 1.807) is 0 Å². The van der Waals surface area contributed by atoms with Gasteiger partial charge in [-0.1, -0.05) is 17.7 Å². The van der Waals surface area contributed by atoms with Gasteiger partial charge in [-0.25, -0.2) is 0 Å². The fourth-order valence-corrected chi connectivity index (χ4v) is 2.83. The highest BCUT2D eigenvalue weighted by Crippen LogP contribution is 2.28. The molecule has 1 fully saturated rings. The first-order chi connectivity index (χ1) is 9.04. The van der Waals surface area contributed by atoms with Gasteiger partial charge in [0.15, 0.2) is 0 Å². The van der Waals surface area contributed by atoms with E-state index < -0.39 is 0 Å². The van der Waals surface area contributed by atoms with Crippen molar-refractivity contribution in [1.29, 1.82) is 0 Å². The zero-order valence-electron chi connectivity index (χ0n) is 11.9. The molecule has 0 aromatic heterocycles. The fraction of sp³-hybridized carbons (Fsp3) is 0.533. The average Bonchev–Trinajstić information content (AvgIpc) is 2.36. The molecule has 2 atom stereocenters. The van der Waals surface area contributed by atoms with Gasteiger partial charge < -0.3 is 16.0 Å². The van der Waals surface area contributed by atoms with E-state index in [0.717, 1.165) is 5.69 Å². The van der Waals surface area contributed by atoms with Crippen molar-refractivity contribution in [1.82, 2.24) is 5.32 Å². The summed E-state index contributed by atoms with van der Waals surface area (Å²) in [6, 6.07) is 6.50. The maximum atomic E-state index is 12.1. The number of nitrogens with zero attached hydrogens (tertiary/aromatic N) is 1. The Kier molecular flexibility index (Phi) is 4.10. The summed E-state index contributed by atoms with van der Waals surface area (Å²) in [5.41, 5.74) is 9.26. The largest absolute Gasteiger partial charge is 0.355 e. The number of hydrogen-bond acceptors (Lipinski definition) is 3. The smallest absolute Gasteiger partial charge is 0.242 e. The van der Waals surface area contributed by atoms with E-state index in [0.29, 0.717) is 19.5 Å². The van der Waals surface area contributed by atoms with Crippen LogP contribution in [0.25, 0.3) is 0 Å². The lowest BCUT2D eigenvalue weighted by Crippen LogP contribution is -2.60. The van der Waals surface area contributed by atoms with Crippen molar-refractivity contribution in [3.63, 3.8) is 0 Å². The third kappa shape index (κ3) is 2.73. The minimum Gasteiger partial charge on any atom is -0.355 e. The SMILES string of the molecule is Cc1ccc(N2C(C)CNC(=O)C2CCN)c(C)c1. The molecular formula is C15H23N3O. The summed E-state index contributed by atoms with van der Waals surface area (Å²) >= 11 is 0. The maximum Gasteiger partial charge on any atom is 0.242 e. The normalized spacial score (nSPS) is 23.4. The van der Waals surface area contributed by atoms with Gasteiger partial charge in [-0.05, 0) is 45.4 Å². The van der Waals surface area contributed by atoms with Gasteiger partial charge in [0.1, 0.15) is 6.04 Å². The van der Waals surface area contributed by atoms with Crippen LogP contribution in [0.4, 0.5) is 5.69 Å². The molecule has 0 saturated carbocycles. The summed E-state index contributed by atoms with van der Waals surface area (Å²) in [6.07, 6.45) is 0.684. The molecule has 4 heteroatoms. The third-order valence-corrected chi connectivity index (χ3v) is 3.76. The Morgan fingerprint density at radius 1 is 1.42 bits per heavy atom. The molecule has 104 valence electrons. The van der Waals surface area contributed by atoms with Crippen molar-refractivity contribution in [3.8, 4) is 0 Å². The van der Waals surface area contributed by atoms with Crippen LogP contribution in [-0.4, -0.2) is 31.1 Å². The fourth-order valence-electron chi connectivity index (χ4n) is 2.83. The Balaban J connectivity index is 2.39. The van der Waals surface area contributed by atoms with E-state index in [-0.39, 0.29) is 18.0 Å². The lowest BCUT2D eigenvalue weighted by molar-refractivity contribution is -0.123. The van der Waals surface area contributed by atoms with Crippen molar-refractivity contribution in [3.05, 3.63) is 29.3 Å². The summed E-state index contributed by atoms with van der Waals surface area (Å²) in [5.74, 6) is 0.0866. The van der Waals surface area contributed by atoms with Gasteiger partial charge in [-0.15, -0.1) is 0 Å². The molecule has 19 heavy (non-hydrogen) atoms. The number of benzene rings is 1. The van der Waals surface area contributed by atoms with Gasteiger partial charge in [-0.3, -0.25) is 4.79 Å². The number of carbonyl (C=O) groups excluding carboxylic acids is 1. The van der Waals surface area contributed by atoms with E-state index in [4.69, 9.17) is 5.73 Å². The molecule has 3 N–H and O–H groups in total. The van der Waals surface area contributed by atoms with Gasteiger partial charge in [0.05, 0.1) is 0 Å². The van der Waals surface area contributed by atoms with Crippen LogP contribution in [0.1, 0.15) is 24.5 Å². The second kappa shape index (κ2) is 5.61. The van der Waals surface area contributed by atoms with E-state index >= 15 is 0 Å². The van der Waals surface area contributed by atoms with Crippen LogP contribution in [-0.2, 0) is 4.79 Å². The van der Waals surface area contributed by atoms with E-state index in [9.17, 15) is 4.79 Å². The number of rotatable bonds is 3. The van der Waals surface area contributed by atoms with Crippen LogP contribution in [0.15, 0.2) is 18.2 Å². The number of anilines is 1. The summed E-state index contributed by atoms with van der Waals surface area (Å²) < 4.78 is 0. The lowest BCUT2D eigenvalue weighted by atomic mass is 10.0. The van der Waals surface area contributed by atoms with Crippen LogP contribution in [0.5, 0.6) is 0 Å². The Hall–Kier alpha value is -1.55. The summed E-state index contributed by atoms with van der Waals surface area (Å²) in [7, 11) is 0. The standard InChI is InChI=1S/C15H23N3O/c1-10-4-5-13(11(2)8-10)18-12(3)9-17-15(19)14(18)6-7-16/h4-5,8,12,14H,6-7,9,16H2,1-3H3,(H,17,19). The van der Waals surface area contributed by atoms with Crippen molar-refractivity contribution in [2.45, 2.75) is 39.3 Å². The molecule has 1 amide bonds. The van der Waals surface area contributed by atoms with Gasteiger partial charge >= 0.3 is 0 Å². The molecule has 1 saturated heterocycles. The third-order valence-electron chi connectivity index (χ3n) is 3.76. The number of carbonyl (C=O) groups is 1. The van der Waals surface area contributed by atoms with E-state index in [2.05, 4.69) is 49.2 Å². The molecule has 1 aliphatic rings. The number of nitrogens with two attached hydrogens (primary N) is 1. The summed E-state index contributed by atoms with van der Waals surface area (Å²) in [4.78, 5) is 14.3. The first kappa shape index (κ1) is 13.9. The molecule has 0 aliphatic carbocycles. The first-order valence-electron chi connectivity index (χ1n) is 6.88. The second-order valence-electron chi connectivity index (χ2n) is 5.38. The number of amides is 1. The molecule has 1 heterocycles. The first-order valence-corrected chi connectivity index (χ1v) is 6.88. The van der Waals surface area contributed by atoms with Crippen LogP contribution >= 0.6 is 0 Å². The molecule has 1 aliphatic heterocycles. The molecule has 0 radical (unpaired) electrons. The van der Waals surface area contributed by atoms with Crippen molar-refractivity contribution in [2.24, 2.45) is 5.73 Å². The van der Waals surface area contributed by atoms with E-state index in [1.807, 2.05) is 0 Å². The highest BCUT2D eigenvalue weighted by atomic mass is 16.2. The van der Waals surface area contributed by atoms with Crippen molar-refractivity contribution < 1.29 is 4.79 Å². The van der Waals surface area contributed by atoms with Crippen LogP contribution < -0.4 is 16.0 Å². The maximum absolute atomic E-state index is 12.1. The van der Waals surface area contributed by atoms with Crippen molar-refractivity contribution >= 4 is 11.6 Å². The molecule has 2 rings (SSSR count). The van der Waals surface area contributed by atoms with E-state index in [1.165, 1.54) is 11.1 Å². The van der Waals surface area contributed by atoms with Gasteiger partial charge in [-0.2, -0.15) is 0 Å². The van der Waals surface area contributed by atoms with Crippen LogP contribution in [0.2, 0.25) is 0 Å². The lowest BCUT2D eigenvalue weighted by Gasteiger charge is -2.42. The van der Waals surface area contributed by atoms with Gasteiger partial charge in [0, 0.05) is 18.3 Å². The second-order valence-corrected chi connectivity index (χ2v) is 5.38. The monoisotopic (exact) mass is 261 g/mol. The summed E-state index contributed by atoms with van der Waals surface area (Å²) in [6.45, 7) is 7.53. The predicted octanol–water partition coefficient (Wildman–Crippen LogP) is 1.35. The Bertz CT molecular complexity index is 472. The van der Waals surface area contributed by atoms with Gasteiger partial charge in [0.2, 0.25) is 5.91 Å². The van der Waals surface area contributed by atoms with Crippen LogP contribution in [0, 0.1) is 13.8 Å². The number of piperazine rings is 1. The minimum absolute atomic E-state index is 0.0866. The Morgan fingerprint density at radius 2 is 2.16 bits per heavy atom. The number of hydrogen-bond donors (Lipinski definition) is 2. The molecule has 2 unspecified atom stereocenters. The number of aryl methyl sites for hydroxylation is 2. The molecule has 4 nitrogen and oxygen atoms in total. The Labute approximate surface area is 115 Å². The predicted molar refractivity (Wildman–Crippen MR) is 78.3 cm³/mol. The summed E-state index contributed by atoms with van der Waals surface area (Å²) in [5, 5.41) is 2.96. The molecular weight excluding hydrogens is 238 g/mol. The Morgan fingerprint density at radius 3 is 2.79 bits per heavy atom. The minimum atomic E-state index is -0.157. The topological polar surface area (TPSA) is 58.4 Å². The average molecular weight is 261 g/mol. The number of nitrogens with one attached hydrogen (secondary N) is 1. The van der Waals surface area contributed by atoms with Crippen molar-refractivity contribution in [2.75, 3.05) is 18.0 Å². The van der Waals surface area contributed by atoms with Gasteiger partial charge in [0.25, 0.3) is 0 Å². The molecule has 1 aromatic rings.